The highest BCUT2D eigenvalue weighted by molar-refractivity contribution is 5.81. The van der Waals surface area contributed by atoms with E-state index >= 15 is 0 Å². The van der Waals surface area contributed by atoms with Crippen LogP contribution in [0.5, 0.6) is 0 Å². The van der Waals surface area contributed by atoms with Crippen molar-refractivity contribution >= 4 is 5.91 Å². The van der Waals surface area contributed by atoms with Crippen molar-refractivity contribution in [3.05, 3.63) is 12.2 Å². The second-order valence-corrected chi connectivity index (χ2v) is 1.65. The molecule has 0 aliphatic heterocycles. The summed E-state index contributed by atoms with van der Waals surface area (Å²) >= 11 is 0. The summed E-state index contributed by atoms with van der Waals surface area (Å²) in [6.07, 6.45) is -1.19. The molecule has 8 heavy (non-hydrogen) atoms. The Morgan fingerprint density at radius 2 is 2.25 bits per heavy atom. The number of carbonyl (C=O) groups excluding carboxylic acids is 1. The Morgan fingerprint density at radius 1 is 1.88 bits per heavy atom. The van der Waals surface area contributed by atoms with Gasteiger partial charge >= 0.3 is 0 Å². The lowest BCUT2D eigenvalue weighted by Crippen LogP contribution is -2.28. The third kappa shape index (κ3) is 1.75. The van der Waals surface area contributed by atoms with Gasteiger partial charge in [-0.05, 0) is 12.5 Å². The van der Waals surface area contributed by atoms with Gasteiger partial charge in [0.2, 0.25) is 0 Å². The highest BCUT2D eigenvalue weighted by Gasteiger charge is 2.09. The van der Waals surface area contributed by atoms with Crippen molar-refractivity contribution in [1.29, 1.82) is 0 Å². The van der Waals surface area contributed by atoms with Gasteiger partial charge in [-0.3, -0.25) is 4.79 Å². The van der Waals surface area contributed by atoms with Crippen molar-refractivity contribution in [2.75, 3.05) is 0 Å². The van der Waals surface area contributed by atoms with Crippen LogP contribution in [0.3, 0.4) is 0 Å². The molecular weight excluding hydrogens is 106 g/mol. The van der Waals surface area contributed by atoms with Gasteiger partial charge in [0.25, 0.3) is 5.91 Å². The summed E-state index contributed by atoms with van der Waals surface area (Å²) in [5, 5.41) is 8.63. The Bertz CT molecular complexity index is 106. The van der Waals surface area contributed by atoms with Crippen LogP contribution < -0.4 is 5.73 Å². The van der Waals surface area contributed by atoms with Gasteiger partial charge in [-0.15, -0.1) is 0 Å². The van der Waals surface area contributed by atoms with E-state index in [0.717, 1.165) is 0 Å². The molecule has 0 aromatic rings. The molecule has 46 valence electrons. The normalized spacial score (nSPS) is 12.8. The molecule has 0 aromatic heterocycles. The molecule has 1 atom stereocenters. The zero-order valence-corrected chi connectivity index (χ0v) is 4.72. The van der Waals surface area contributed by atoms with Gasteiger partial charge in [-0.2, -0.15) is 0 Å². The van der Waals surface area contributed by atoms with Gasteiger partial charge in [0.1, 0.15) is 0 Å². The topological polar surface area (TPSA) is 63.3 Å². The highest BCUT2D eigenvalue weighted by Crippen LogP contribution is 1.93. The summed E-state index contributed by atoms with van der Waals surface area (Å²) in [4.78, 5) is 10.1. The molecule has 0 heterocycles. The lowest BCUT2D eigenvalue weighted by atomic mass is 10.2. The van der Waals surface area contributed by atoms with Gasteiger partial charge in [0.15, 0.2) is 6.10 Å². The molecule has 3 heteroatoms. The molecule has 0 rings (SSSR count). The van der Waals surface area contributed by atoms with E-state index in [1.54, 1.807) is 0 Å². The first-order valence-corrected chi connectivity index (χ1v) is 2.18. The Morgan fingerprint density at radius 3 is 2.25 bits per heavy atom. The minimum absolute atomic E-state index is 0.373. The smallest absolute Gasteiger partial charge is 0.250 e. The van der Waals surface area contributed by atoms with E-state index in [9.17, 15) is 4.79 Å². The van der Waals surface area contributed by atoms with E-state index < -0.39 is 12.0 Å². The molecule has 0 bridgehead atoms. The zero-order valence-electron chi connectivity index (χ0n) is 4.72. The monoisotopic (exact) mass is 115 g/mol. The van der Waals surface area contributed by atoms with Crippen molar-refractivity contribution in [2.45, 2.75) is 13.0 Å². The fourth-order valence-corrected chi connectivity index (χ4v) is 0.243. The number of nitrogens with two attached hydrogens (primary N) is 1. The third-order valence-corrected chi connectivity index (χ3v) is 0.736. The van der Waals surface area contributed by atoms with Crippen LogP contribution in [-0.4, -0.2) is 17.1 Å². The van der Waals surface area contributed by atoms with E-state index in [1.165, 1.54) is 6.92 Å². The molecule has 0 spiro atoms. The Kier molecular flexibility index (Phi) is 2.21. The number of aliphatic hydroxyl groups excluding tert-OH is 1. The molecule has 3 N–H and O–H groups in total. The predicted octanol–water partition coefficient (Wildman–Crippen LogP) is -0.591. The lowest BCUT2D eigenvalue weighted by molar-refractivity contribution is -0.124. The molecular formula is C5H9NO2. The number of amides is 1. The van der Waals surface area contributed by atoms with Crippen LogP contribution in [0.15, 0.2) is 12.2 Å². The molecule has 0 unspecified atom stereocenters. The number of primary amides is 1. The summed E-state index contributed by atoms with van der Waals surface area (Å²) < 4.78 is 0. The average Bonchev–Trinajstić information content (AvgIpc) is 1.64. The summed E-state index contributed by atoms with van der Waals surface area (Å²) in [5.41, 5.74) is 5.06. The van der Waals surface area contributed by atoms with Crippen molar-refractivity contribution in [2.24, 2.45) is 5.73 Å². The first-order valence-electron chi connectivity index (χ1n) is 2.18. The van der Waals surface area contributed by atoms with Gasteiger partial charge in [0, 0.05) is 0 Å². The van der Waals surface area contributed by atoms with Crippen LogP contribution in [0, 0.1) is 0 Å². The van der Waals surface area contributed by atoms with E-state index in [0.29, 0.717) is 5.57 Å². The summed E-state index contributed by atoms with van der Waals surface area (Å²) in [6.45, 7) is 4.86. The van der Waals surface area contributed by atoms with Crippen LogP contribution in [0.25, 0.3) is 0 Å². The Hall–Kier alpha value is -0.830. The molecule has 0 saturated carbocycles. The van der Waals surface area contributed by atoms with Crippen molar-refractivity contribution < 1.29 is 9.90 Å². The van der Waals surface area contributed by atoms with E-state index in [4.69, 9.17) is 5.11 Å². The fourth-order valence-electron chi connectivity index (χ4n) is 0.243. The van der Waals surface area contributed by atoms with Crippen LogP contribution in [0.2, 0.25) is 0 Å². The van der Waals surface area contributed by atoms with Gasteiger partial charge in [-0.25, -0.2) is 0 Å². The van der Waals surface area contributed by atoms with E-state index in [-0.39, 0.29) is 0 Å². The molecule has 0 radical (unpaired) electrons. The average molecular weight is 115 g/mol. The summed E-state index contributed by atoms with van der Waals surface area (Å²) in [5.74, 6) is -0.752. The third-order valence-electron chi connectivity index (χ3n) is 0.736. The summed E-state index contributed by atoms with van der Waals surface area (Å²) in [7, 11) is 0. The molecule has 3 nitrogen and oxygen atoms in total. The largest absolute Gasteiger partial charge is 0.379 e. The first-order chi connectivity index (χ1) is 3.55. The number of rotatable bonds is 2. The number of carbonyl (C=O) groups is 1. The predicted molar refractivity (Wildman–Crippen MR) is 30.0 cm³/mol. The van der Waals surface area contributed by atoms with Crippen molar-refractivity contribution in [1.82, 2.24) is 0 Å². The van der Waals surface area contributed by atoms with Crippen LogP contribution in [0.1, 0.15) is 6.92 Å². The highest BCUT2D eigenvalue weighted by atomic mass is 16.3. The van der Waals surface area contributed by atoms with Gasteiger partial charge in [0.05, 0.1) is 0 Å². The summed E-state index contributed by atoms with van der Waals surface area (Å²) in [6, 6.07) is 0. The fraction of sp³-hybridized carbons (Fsp3) is 0.400. The molecule has 0 aromatic carbocycles. The zero-order chi connectivity index (χ0) is 6.73. The quantitative estimate of drug-likeness (QED) is 0.472. The van der Waals surface area contributed by atoms with Crippen LogP contribution in [-0.2, 0) is 4.79 Å². The minimum atomic E-state index is -1.19. The number of hydrogen-bond acceptors (Lipinski definition) is 2. The van der Waals surface area contributed by atoms with Crippen molar-refractivity contribution in [3.8, 4) is 0 Å². The maximum Gasteiger partial charge on any atom is 0.250 e. The molecule has 0 saturated heterocycles. The molecule has 0 aliphatic rings. The number of hydrogen-bond donors (Lipinski definition) is 2. The SMILES string of the molecule is C=C(C)[C@H](O)C(N)=O. The second-order valence-electron chi connectivity index (χ2n) is 1.65. The molecule has 1 amide bonds. The number of aliphatic hydroxyl groups is 1. The molecule has 0 fully saturated rings. The van der Waals surface area contributed by atoms with Crippen LogP contribution >= 0.6 is 0 Å². The van der Waals surface area contributed by atoms with Crippen LogP contribution in [0.4, 0.5) is 0 Å². The van der Waals surface area contributed by atoms with Gasteiger partial charge < -0.3 is 10.8 Å². The Labute approximate surface area is 47.8 Å². The van der Waals surface area contributed by atoms with E-state index in [2.05, 4.69) is 12.3 Å². The lowest BCUT2D eigenvalue weighted by Gasteiger charge is -2.01. The maximum absolute atomic E-state index is 10.1. The molecule has 0 aliphatic carbocycles. The van der Waals surface area contributed by atoms with Gasteiger partial charge in [-0.1, -0.05) is 6.58 Å². The second kappa shape index (κ2) is 2.47. The van der Waals surface area contributed by atoms with E-state index in [1.807, 2.05) is 0 Å². The maximum atomic E-state index is 10.1. The first kappa shape index (κ1) is 7.17. The Balaban J connectivity index is 3.83. The van der Waals surface area contributed by atoms with Crippen molar-refractivity contribution in [3.63, 3.8) is 0 Å². The standard InChI is InChI=1S/C5H9NO2/c1-3(2)4(7)5(6)8/h4,7H,1H2,2H3,(H2,6,8)/t4-/m0/s1. The minimum Gasteiger partial charge on any atom is -0.379 e.